The van der Waals surface area contributed by atoms with Crippen LogP contribution < -0.4 is 4.90 Å². The van der Waals surface area contributed by atoms with Crippen molar-refractivity contribution in [2.24, 2.45) is 0 Å². The van der Waals surface area contributed by atoms with Crippen molar-refractivity contribution in [1.82, 2.24) is 10.2 Å². The van der Waals surface area contributed by atoms with Crippen LogP contribution in [0.1, 0.15) is 17.3 Å². The quantitative estimate of drug-likeness (QED) is 0.756. The van der Waals surface area contributed by atoms with Crippen molar-refractivity contribution in [3.8, 4) is 5.75 Å². The number of aryl methyl sites for hydroxylation is 1. The molecule has 0 fully saturated rings. The van der Waals surface area contributed by atoms with Gasteiger partial charge in [0.15, 0.2) is 0 Å². The van der Waals surface area contributed by atoms with Gasteiger partial charge in [0.2, 0.25) is 11.8 Å². The van der Waals surface area contributed by atoms with Gasteiger partial charge in [0, 0.05) is 19.2 Å². The number of phenols is 1. The Bertz CT molecular complexity index is 738. The molecule has 0 bridgehead atoms. The zero-order valence-electron chi connectivity index (χ0n) is 13.0. The van der Waals surface area contributed by atoms with E-state index in [1.165, 1.54) is 5.56 Å². The maximum absolute atomic E-state index is 9.48. The highest BCUT2D eigenvalue weighted by atomic mass is 16.4. The molecule has 0 aliphatic rings. The lowest BCUT2D eigenvalue weighted by Crippen LogP contribution is -2.25. The van der Waals surface area contributed by atoms with Gasteiger partial charge < -0.3 is 14.4 Å². The van der Waals surface area contributed by atoms with Crippen molar-refractivity contribution in [3.05, 3.63) is 71.9 Å². The number of hydrogen-bond acceptors (Lipinski definition) is 5. The molecule has 0 spiro atoms. The van der Waals surface area contributed by atoms with Crippen LogP contribution in [0.4, 0.5) is 5.69 Å². The van der Waals surface area contributed by atoms with E-state index in [1.54, 1.807) is 19.1 Å². The van der Waals surface area contributed by atoms with E-state index in [9.17, 15) is 5.11 Å². The van der Waals surface area contributed by atoms with Crippen LogP contribution in [0.5, 0.6) is 5.75 Å². The van der Waals surface area contributed by atoms with Crippen LogP contribution in [0, 0.1) is 6.92 Å². The SMILES string of the molecule is Cc1nnc(CN(CCc2ccccc2)c2ccc(O)cc2)o1. The molecule has 3 rings (SSSR count). The van der Waals surface area contributed by atoms with Crippen molar-refractivity contribution < 1.29 is 9.52 Å². The minimum absolute atomic E-state index is 0.255. The summed E-state index contributed by atoms with van der Waals surface area (Å²) in [6.07, 6.45) is 0.912. The fourth-order valence-corrected chi connectivity index (χ4v) is 2.44. The maximum Gasteiger partial charge on any atom is 0.235 e. The summed E-state index contributed by atoms with van der Waals surface area (Å²) in [6.45, 7) is 3.14. The number of hydrogen-bond donors (Lipinski definition) is 1. The summed E-state index contributed by atoms with van der Waals surface area (Å²) in [5.74, 6) is 1.41. The average Bonchev–Trinajstić information content (AvgIpc) is 2.98. The van der Waals surface area contributed by atoms with Crippen molar-refractivity contribution in [2.45, 2.75) is 19.9 Å². The number of nitrogens with zero attached hydrogens (tertiary/aromatic N) is 3. The lowest BCUT2D eigenvalue weighted by atomic mass is 10.1. The number of benzene rings is 2. The van der Waals surface area contributed by atoms with Crippen LogP contribution in [-0.4, -0.2) is 21.8 Å². The number of rotatable bonds is 6. The topological polar surface area (TPSA) is 62.4 Å². The Morgan fingerprint density at radius 1 is 1.00 bits per heavy atom. The lowest BCUT2D eigenvalue weighted by Gasteiger charge is -2.23. The first-order valence-electron chi connectivity index (χ1n) is 7.57. The molecule has 0 unspecified atom stereocenters. The fraction of sp³-hybridized carbons (Fsp3) is 0.222. The Labute approximate surface area is 135 Å². The minimum atomic E-state index is 0.255. The molecule has 5 heteroatoms. The number of anilines is 1. The van der Waals surface area contributed by atoms with Gasteiger partial charge in [-0.05, 0) is 36.2 Å². The van der Waals surface area contributed by atoms with Crippen molar-refractivity contribution in [1.29, 1.82) is 0 Å². The van der Waals surface area contributed by atoms with Gasteiger partial charge in [-0.15, -0.1) is 10.2 Å². The van der Waals surface area contributed by atoms with E-state index < -0.39 is 0 Å². The van der Waals surface area contributed by atoms with E-state index in [1.807, 2.05) is 30.3 Å². The minimum Gasteiger partial charge on any atom is -0.508 e. The molecule has 0 saturated heterocycles. The summed E-state index contributed by atoms with van der Waals surface area (Å²) in [5, 5.41) is 17.4. The molecule has 1 aromatic heterocycles. The molecule has 1 heterocycles. The predicted octanol–water partition coefficient (Wildman–Crippen LogP) is 3.33. The van der Waals surface area contributed by atoms with Crippen molar-refractivity contribution >= 4 is 5.69 Å². The summed E-state index contributed by atoms with van der Waals surface area (Å²) < 4.78 is 5.50. The van der Waals surface area contributed by atoms with Gasteiger partial charge in [0.25, 0.3) is 0 Å². The molecule has 0 radical (unpaired) electrons. The van der Waals surface area contributed by atoms with E-state index in [-0.39, 0.29) is 5.75 Å². The second-order valence-corrected chi connectivity index (χ2v) is 5.39. The zero-order valence-corrected chi connectivity index (χ0v) is 13.0. The average molecular weight is 309 g/mol. The van der Waals surface area contributed by atoms with E-state index in [0.717, 1.165) is 18.7 Å². The van der Waals surface area contributed by atoms with E-state index in [2.05, 4.69) is 27.2 Å². The monoisotopic (exact) mass is 309 g/mol. The second kappa shape index (κ2) is 6.96. The Hall–Kier alpha value is -2.82. The van der Waals surface area contributed by atoms with Crippen molar-refractivity contribution in [3.63, 3.8) is 0 Å². The van der Waals surface area contributed by atoms with Gasteiger partial charge in [0.05, 0.1) is 6.54 Å². The summed E-state index contributed by atoms with van der Waals surface area (Å²) >= 11 is 0. The van der Waals surface area contributed by atoms with Crippen LogP contribution in [0.2, 0.25) is 0 Å². The van der Waals surface area contributed by atoms with Crippen LogP contribution in [0.25, 0.3) is 0 Å². The highest BCUT2D eigenvalue weighted by molar-refractivity contribution is 5.48. The Morgan fingerprint density at radius 3 is 2.39 bits per heavy atom. The first kappa shape index (κ1) is 15.1. The summed E-state index contributed by atoms with van der Waals surface area (Å²) in [4.78, 5) is 2.17. The Morgan fingerprint density at radius 2 is 1.74 bits per heavy atom. The third-order valence-corrected chi connectivity index (χ3v) is 3.62. The molecule has 0 amide bonds. The molecule has 5 nitrogen and oxygen atoms in total. The molecule has 1 N–H and O–H groups in total. The van der Waals surface area contributed by atoms with Crippen LogP contribution in [-0.2, 0) is 13.0 Å². The van der Waals surface area contributed by atoms with E-state index in [0.29, 0.717) is 18.3 Å². The van der Waals surface area contributed by atoms with Gasteiger partial charge in [-0.2, -0.15) is 0 Å². The highest BCUT2D eigenvalue weighted by Gasteiger charge is 2.12. The van der Waals surface area contributed by atoms with Gasteiger partial charge >= 0.3 is 0 Å². The molecule has 0 aliphatic heterocycles. The number of aromatic hydroxyl groups is 1. The van der Waals surface area contributed by atoms with Crippen LogP contribution in [0.15, 0.2) is 59.0 Å². The van der Waals surface area contributed by atoms with Gasteiger partial charge in [-0.25, -0.2) is 0 Å². The van der Waals surface area contributed by atoms with Crippen LogP contribution in [0.3, 0.4) is 0 Å². The van der Waals surface area contributed by atoms with Crippen molar-refractivity contribution in [2.75, 3.05) is 11.4 Å². The fourth-order valence-electron chi connectivity index (χ4n) is 2.44. The summed E-state index contributed by atoms with van der Waals surface area (Å²) in [7, 11) is 0. The Kier molecular flexibility index (Phi) is 4.57. The Balaban J connectivity index is 1.76. The molecule has 0 aliphatic carbocycles. The van der Waals surface area contributed by atoms with E-state index >= 15 is 0 Å². The first-order valence-corrected chi connectivity index (χ1v) is 7.57. The number of aromatic nitrogens is 2. The summed E-state index contributed by atoms with van der Waals surface area (Å²) in [6, 6.07) is 17.5. The third kappa shape index (κ3) is 4.10. The molecular formula is C18H19N3O2. The highest BCUT2D eigenvalue weighted by Crippen LogP contribution is 2.21. The van der Waals surface area contributed by atoms with Gasteiger partial charge in [0.1, 0.15) is 5.75 Å². The van der Waals surface area contributed by atoms with Gasteiger partial charge in [-0.1, -0.05) is 30.3 Å². The molecule has 118 valence electrons. The molecule has 0 saturated carbocycles. The maximum atomic E-state index is 9.48. The number of phenolic OH excluding ortho intramolecular Hbond substituents is 1. The van der Waals surface area contributed by atoms with E-state index in [4.69, 9.17) is 4.42 Å². The zero-order chi connectivity index (χ0) is 16.1. The third-order valence-electron chi connectivity index (χ3n) is 3.62. The lowest BCUT2D eigenvalue weighted by molar-refractivity contribution is 0.462. The second-order valence-electron chi connectivity index (χ2n) is 5.39. The smallest absolute Gasteiger partial charge is 0.235 e. The molecule has 23 heavy (non-hydrogen) atoms. The standard InChI is InChI=1S/C18H19N3O2/c1-14-19-20-18(23-14)13-21(16-7-9-17(22)10-8-16)12-11-15-5-3-2-4-6-15/h2-10,22H,11-13H2,1H3. The van der Waals surface area contributed by atoms with Crippen LogP contribution >= 0.6 is 0 Å². The molecule has 0 atom stereocenters. The first-order chi connectivity index (χ1) is 11.2. The molecule has 3 aromatic rings. The summed E-state index contributed by atoms with van der Waals surface area (Å²) in [5.41, 5.74) is 2.28. The molecule has 2 aromatic carbocycles. The molecular weight excluding hydrogens is 290 g/mol. The largest absolute Gasteiger partial charge is 0.508 e. The normalized spacial score (nSPS) is 10.7. The van der Waals surface area contributed by atoms with Gasteiger partial charge in [-0.3, -0.25) is 0 Å². The predicted molar refractivity (Wildman–Crippen MR) is 88.3 cm³/mol.